The highest BCUT2D eigenvalue weighted by molar-refractivity contribution is 5.82. The minimum Gasteiger partial charge on any atom is -0.508 e. The van der Waals surface area contributed by atoms with Crippen LogP contribution >= 0.6 is 0 Å². The van der Waals surface area contributed by atoms with E-state index in [1.54, 1.807) is 31.2 Å². The van der Waals surface area contributed by atoms with Gasteiger partial charge in [0.25, 0.3) is 0 Å². The van der Waals surface area contributed by atoms with Crippen LogP contribution in [0.15, 0.2) is 24.3 Å². The molecular formula is C12H17NO2. The Bertz CT molecular complexity index is 330. The van der Waals surface area contributed by atoms with Crippen LogP contribution in [-0.2, 0) is 4.79 Å². The van der Waals surface area contributed by atoms with Crippen LogP contribution in [0.1, 0.15) is 32.4 Å². The number of hydrogen-bond donors (Lipinski definition) is 2. The third-order valence-electron chi connectivity index (χ3n) is 2.13. The Hall–Kier alpha value is -1.35. The summed E-state index contributed by atoms with van der Waals surface area (Å²) in [4.78, 5) is 11.4. The van der Waals surface area contributed by atoms with Gasteiger partial charge in [-0.3, -0.25) is 4.79 Å². The summed E-state index contributed by atoms with van der Waals surface area (Å²) in [6.07, 6.45) is 0. The largest absolute Gasteiger partial charge is 0.508 e. The first-order valence-corrected chi connectivity index (χ1v) is 5.06. The van der Waals surface area contributed by atoms with Gasteiger partial charge in [-0.25, -0.2) is 0 Å². The van der Waals surface area contributed by atoms with E-state index in [-0.39, 0.29) is 23.6 Å². The second kappa shape index (κ2) is 4.94. The normalized spacial score (nSPS) is 12.8. The standard InChI is InChI=1S/C12H17NO2/c1-8(2)13-12(9(3)14)10-4-6-11(15)7-5-10/h4-8,12-13,15H,1-3H3. The number of carbonyl (C=O) groups excluding carboxylic acids is 1. The van der Waals surface area contributed by atoms with Crippen LogP contribution in [0.25, 0.3) is 0 Å². The fraction of sp³-hybridized carbons (Fsp3) is 0.417. The predicted molar refractivity (Wildman–Crippen MR) is 59.8 cm³/mol. The summed E-state index contributed by atoms with van der Waals surface area (Å²) in [7, 11) is 0. The van der Waals surface area contributed by atoms with Crippen molar-refractivity contribution >= 4 is 5.78 Å². The van der Waals surface area contributed by atoms with Crippen LogP contribution in [0, 0.1) is 0 Å². The first-order valence-electron chi connectivity index (χ1n) is 5.06. The lowest BCUT2D eigenvalue weighted by atomic mass is 10.0. The number of nitrogens with one attached hydrogen (secondary N) is 1. The van der Waals surface area contributed by atoms with Crippen LogP contribution in [0.3, 0.4) is 0 Å². The van der Waals surface area contributed by atoms with E-state index in [9.17, 15) is 4.79 Å². The van der Waals surface area contributed by atoms with E-state index in [0.29, 0.717) is 0 Å². The smallest absolute Gasteiger partial charge is 0.151 e. The number of hydrogen-bond acceptors (Lipinski definition) is 3. The van der Waals surface area contributed by atoms with Crippen molar-refractivity contribution in [2.75, 3.05) is 0 Å². The van der Waals surface area contributed by atoms with Gasteiger partial charge in [0.1, 0.15) is 5.75 Å². The zero-order valence-electron chi connectivity index (χ0n) is 9.32. The van der Waals surface area contributed by atoms with E-state index in [4.69, 9.17) is 5.11 Å². The lowest BCUT2D eigenvalue weighted by Gasteiger charge is -2.19. The third kappa shape index (κ3) is 3.36. The van der Waals surface area contributed by atoms with Gasteiger partial charge in [-0.2, -0.15) is 0 Å². The molecule has 0 aromatic heterocycles. The molecule has 0 fully saturated rings. The minimum atomic E-state index is -0.286. The maximum Gasteiger partial charge on any atom is 0.151 e. The molecule has 1 rings (SSSR count). The maximum absolute atomic E-state index is 11.4. The highest BCUT2D eigenvalue weighted by Gasteiger charge is 2.16. The molecule has 0 heterocycles. The van der Waals surface area contributed by atoms with Crippen molar-refractivity contribution in [1.82, 2.24) is 5.32 Å². The Morgan fingerprint density at radius 3 is 2.20 bits per heavy atom. The van der Waals surface area contributed by atoms with Crippen molar-refractivity contribution in [3.8, 4) is 5.75 Å². The average Bonchev–Trinajstić information content (AvgIpc) is 2.15. The SMILES string of the molecule is CC(=O)C(NC(C)C)c1ccc(O)cc1. The number of Topliss-reactive ketones (excluding diaryl/α,β-unsaturated/α-hetero) is 1. The molecular weight excluding hydrogens is 190 g/mol. The second-order valence-electron chi connectivity index (χ2n) is 3.96. The molecule has 0 saturated carbocycles. The average molecular weight is 207 g/mol. The molecule has 1 atom stereocenters. The zero-order chi connectivity index (χ0) is 11.4. The number of carbonyl (C=O) groups is 1. The topological polar surface area (TPSA) is 49.3 Å². The van der Waals surface area contributed by atoms with E-state index in [1.807, 2.05) is 13.8 Å². The van der Waals surface area contributed by atoms with Gasteiger partial charge in [0.15, 0.2) is 5.78 Å². The number of rotatable bonds is 4. The van der Waals surface area contributed by atoms with Gasteiger partial charge in [0, 0.05) is 6.04 Å². The maximum atomic E-state index is 11.4. The summed E-state index contributed by atoms with van der Waals surface area (Å²) in [6.45, 7) is 5.56. The van der Waals surface area contributed by atoms with Crippen LogP contribution < -0.4 is 5.32 Å². The summed E-state index contributed by atoms with van der Waals surface area (Å²) in [5.41, 5.74) is 0.883. The Balaban J connectivity index is 2.89. The number of phenols is 1. The molecule has 0 aliphatic carbocycles. The Kier molecular flexibility index (Phi) is 3.86. The molecule has 1 unspecified atom stereocenters. The van der Waals surface area contributed by atoms with Crippen LogP contribution in [0.4, 0.5) is 0 Å². The van der Waals surface area contributed by atoms with Crippen LogP contribution in [0.5, 0.6) is 5.75 Å². The molecule has 0 amide bonds. The number of aromatic hydroxyl groups is 1. The van der Waals surface area contributed by atoms with Crippen molar-refractivity contribution in [3.05, 3.63) is 29.8 Å². The molecule has 0 aliphatic rings. The quantitative estimate of drug-likeness (QED) is 0.794. The molecule has 15 heavy (non-hydrogen) atoms. The van der Waals surface area contributed by atoms with Crippen molar-refractivity contribution in [2.45, 2.75) is 32.9 Å². The lowest BCUT2D eigenvalue weighted by Crippen LogP contribution is -2.32. The van der Waals surface area contributed by atoms with E-state index in [0.717, 1.165) is 5.56 Å². The molecule has 0 saturated heterocycles. The van der Waals surface area contributed by atoms with Crippen molar-refractivity contribution in [3.63, 3.8) is 0 Å². The summed E-state index contributed by atoms with van der Waals surface area (Å²) >= 11 is 0. The van der Waals surface area contributed by atoms with Gasteiger partial charge in [-0.15, -0.1) is 0 Å². The van der Waals surface area contributed by atoms with Gasteiger partial charge in [-0.1, -0.05) is 12.1 Å². The molecule has 0 bridgehead atoms. The first-order chi connectivity index (χ1) is 7.00. The molecule has 1 aromatic carbocycles. The molecule has 82 valence electrons. The molecule has 0 aliphatic heterocycles. The summed E-state index contributed by atoms with van der Waals surface area (Å²) in [5.74, 6) is 0.292. The van der Waals surface area contributed by atoms with Gasteiger partial charge in [-0.05, 0) is 38.5 Å². The Morgan fingerprint density at radius 1 is 1.27 bits per heavy atom. The summed E-state index contributed by atoms with van der Waals surface area (Å²) < 4.78 is 0. The predicted octanol–water partition coefficient (Wildman–Crippen LogP) is 2.02. The number of benzene rings is 1. The van der Waals surface area contributed by atoms with Crippen LogP contribution in [0.2, 0.25) is 0 Å². The fourth-order valence-electron chi connectivity index (χ4n) is 1.45. The third-order valence-corrected chi connectivity index (χ3v) is 2.13. The monoisotopic (exact) mass is 207 g/mol. The highest BCUT2D eigenvalue weighted by atomic mass is 16.3. The summed E-state index contributed by atoms with van der Waals surface area (Å²) in [5, 5.41) is 12.3. The van der Waals surface area contributed by atoms with Crippen molar-refractivity contribution in [1.29, 1.82) is 0 Å². The van der Waals surface area contributed by atoms with Crippen LogP contribution in [-0.4, -0.2) is 16.9 Å². The number of phenolic OH excluding ortho intramolecular Hbond substituents is 1. The van der Waals surface area contributed by atoms with Gasteiger partial charge < -0.3 is 10.4 Å². The van der Waals surface area contributed by atoms with Gasteiger partial charge in [0.05, 0.1) is 6.04 Å². The first kappa shape index (κ1) is 11.7. The van der Waals surface area contributed by atoms with E-state index in [1.165, 1.54) is 0 Å². The Labute approximate surface area is 90.1 Å². The van der Waals surface area contributed by atoms with E-state index < -0.39 is 0 Å². The van der Waals surface area contributed by atoms with E-state index in [2.05, 4.69) is 5.32 Å². The van der Waals surface area contributed by atoms with E-state index >= 15 is 0 Å². The molecule has 2 N–H and O–H groups in total. The highest BCUT2D eigenvalue weighted by Crippen LogP contribution is 2.18. The summed E-state index contributed by atoms with van der Waals surface area (Å²) in [6, 6.07) is 6.66. The van der Waals surface area contributed by atoms with Crippen molar-refractivity contribution in [2.24, 2.45) is 0 Å². The Morgan fingerprint density at radius 2 is 1.80 bits per heavy atom. The van der Waals surface area contributed by atoms with Gasteiger partial charge >= 0.3 is 0 Å². The zero-order valence-corrected chi connectivity index (χ0v) is 9.32. The molecule has 3 nitrogen and oxygen atoms in total. The second-order valence-corrected chi connectivity index (χ2v) is 3.96. The minimum absolute atomic E-state index is 0.0781. The lowest BCUT2D eigenvalue weighted by molar-refractivity contribution is -0.119. The fourth-order valence-corrected chi connectivity index (χ4v) is 1.45. The van der Waals surface area contributed by atoms with Gasteiger partial charge in [0.2, 0.25) is 0 Å². The molecule has 0 spiro atoms. The molecule has 3 heteroatoms. The molecule has 0 radical (unpaired) electrons. The van der Waals surface area contributed by atoms with Crippen molar-refractivity contribution < 1.29 is 9.90 Å². The molecule has 1 aromatic rings. The number of ketones is 1.